The predicted octanol–water partition coefficient (Wildman–Crippen LogP) is 6.28. The van der Waals surface area contributed by atoms with E-state index in [1.54, 1.807) is 37.4 Å². The third kappa shape index (κ3) is 8.62. The minimum absolute atomic E-state index is 0.0439. The summed E-state index contributed by atoms with van der Waals surface area (Å²) in [5, 5.41) is 11.5. The number of aromatic nitrogens is 2. The maximum Gasteiger partial charge on any atom is 0.265 e. The molecule has 2 aliphatic carbocycles. The molecule has 4 fully saturated rings. The van der Waals surface area contributed by atoms with Gasteiger partial charge in [0.25, 0.3) is 5.91 Å². The zero-order valence-electron chi connectivity index (χ0n) is 34.0. The molecule has 0 bridgehead atoms. The van der Waals surface area contributed by atoms with E-state index < -0.39 is 0 Å². The summed E-state index contributed by atoms with van der Waals surface area (Å²) in [6.45, 7) is 3.60. The SMILES string of the molecule is COc1cc(C(=O)NN2CCC(CC3CCC(Nc4ccc(C5CCC(=O)NC5=O)cc4)CC3)CC2)ccc1Nc1ncc2c(n1)N(C1CCCC1)[C@H](C)C(=O)N2C. The lowest BCUT2D eigenvalue weighted by Crippen LogP contribution is -2.54. The molecule has 2 saturated carbocycles. The third-order valence-corrected chi connectivity index (χ3v) is 13.2. The Morgan fingerprint density at radius 3 is 2.34 bits per heavy atom. The first-order valence-electron chi connectivity index (χ1n) is 21.3. The van der Waals surface area contributed by atoms with Gasteiger partial charge in [0.15, 0.2) is 5.82 Å². The number of likely N-dealkylation sites (N-methyl/N-ethyl adjacent to an activating group) is 1. The fraction of sp³-hybridized carbons (Fsp3) is 0.545. The first kappa shape index (κ1) is 39.6. The van der Waals surface area contributed by atoms with Crippen molar-refractivity contribution < 1.29 is 23.9 Å². The highest BCUT2D eigenvalue weighted by atomic mass is 16.5. The Kier molecular flexibility index (Phi) is 11.8. The molecule has 2 atom stereocenters. The molecule has 2 aromatic carbocycles. The van der Waals surface area contributed by atoms with E-state index in [1.165, 1.54) is 19.3 Å². The summed E-state index contributed by atoms with van der Waals surface area (Å²) in [5.74, 6) is 2.29. The number of piperidine rings is 2. The van der Waals surface area contributed by atoms with Crippen LogP contribution in [-0.2, 0) is 14.4 Å². The molecule has 2 saturated heterocycles. The van der Waals surface area contributed by atoms with Crippen LogP contribution in [-0.4, -0.2) is 84.0 Å². The lowest BCUT2D eigenvalue weighted by atomic mass is 9.78. The van der Waals surface area contributed by atoms with E-state index in [0.717, 1.165) is 87.4 Å². The van der Waals surface area contributed by atoms with E-state index in [2.05, 4.69) is 43.4 Å². The number of rotatable bonds is 11. The van der Waals surface area contributed by atoms with E-state index in [1.807, 2.05) is 30.1 Å². The quantitative estimate of drug-likeness (QED) is 0.162. The van der Waals surface area contributed by atoms with Crippen molar-refractivity contribution in [3.63, 3.8) is 0 Å². The molecule has 8 rings (SSSR count). The van der Waals surface area contributed by atoms with Crippen LogP contribution in [0.15, 0.2) is 48.7 Å². The Morgan fingerprint density at radius 2 is 1.64 bits per heavy atom. The van der Waals surface area contributed by atoms with Crippen molar-refractivity contribution in [3.05, 3.63) is 59.8 Å². The standard InChI is InChI=1S/C44H57N9O5/c1-27-43(57)51(2)37-26-45-44(49-40(37)53(27)34-6-4-5-7-34)47-36-18-12-31(25-38(36)58-3)41(55)50-52-22-20-29(21-23-52)24-28-8-13-32(14-9-28)46-33-15-10-30(11-16-33)35-17-19-39(54)48-42(35)56/h10-12,15-16,18,25-29,32,34-35,46H,4-9,13-14,17,19-24H2,1-3H3,(H,50,55)(H,45,47,49)(H,48,54,56)/t27-,28?,32?,35?/m1/s1. The summed E-state index contributed by atoms with van der Waals surface area (Å²) < 4.78 is 5.72. The molecule has 14 nitrogen and oxygen atoms in total. The van der Waals surface area contributed by atoms with Gasteiger partial charge in [0, 0.05) is 49.9 Å². The van der Waals surface area contributed by atoms with E-state index in [-0.39, 0.29) is 41.6 Å². The van der Waals surface area contributed by atoms with Gasteiger partial charge in [0.05, 0.1) is 24.9 Å². The lowest BCUT2D eigenvalue weighted by Gasteiger charge is -2.42. The van der Waals surface area contributed by atoms with Gasteiger partial charge in [0.2, 0.25) is 23.7 Å². The molecule has 14 heteroatoms. The highest BCUT2D eigenvalue weighted by molar-refractivity contribution is 6.04. The molecular formula is C44H57N9O5. The van der Waals surface area contributed by atoms with Gasteiger partial charge in [-0.3, -0.25) is 29.9 Å². The van der Waals surface area contributed by atoms with Crippen molar-refractivity contribution in [2.45, 2.75) is 114 Å². The van der Waals surface area contributed by atoms with Crippen molar-refractivity contribution in [1.82, 2.24) is 25.7 Å². The zero-order valence-corrected chi connectivity index (χ0v) is 34.0. The normalized spacial score (nSPS) is 24.6. The number of methoxy groups -OCH3 is 1. The highest BCUT2D eigenvalue weighted by Gasteiger charge is 2.40. The molecule has 0 spiro atoms. The van der Waals surface area contributed by atoms with Crippen LogP contribution in [0.3, 0.4) is 0 Å². The Balaban J connectivity index is 0.789. The molecule has 1 unspecified atom stereocenters. The van der Waals surface area contributed by atoms with Gasteiger partial charge in [-0.2, -0.15) is 4.98 Å². The van der Waals surface area contributed by atoms with Crippen LogP contribution < -0.4 is 35.9 Å². The number of carbonyl (C=O) groups is 4. The van der Waals surface area contributed by atoms with Gasteiger partial charge in [-0.1, -0.05) is 25.0 Å². The summed E-state index contributed by atoms with van der Waals surface area (Å²) in [6.07, 6.45) is 15.1. The van der Waals surface area contributed by atoms with Crippen LogP contribution >= 0.6 is 0 Å². The Bertz CT molecular complexity index is 1990. The topological polar surface area (TPSA) is 161 Å². The number of benzene rings is 2. The van der Waals surface area contributed by atoms with Crippen LogP contribution in [0.5, 0.6) is 5.75 Å². The van der Waals surface area contributed by atoms with E-state index in [0.29, 0.717) is 53.4 Å². The van der Waals surface area contributed by atoms with Gasteiger partial charge in [0.1, 0.15) is 17.5 Å². The maximum absolute atomic E-state index is 13.4. The number of amides is 4. The molecule has 3 aliphatic heterocycles. The summed E-state index contributed by atoms with van der Waals surface area (Å²) >= 11 is 0. The number of carbonyl (C=O) groups excluding carboxylic acids is 4. The molecule has 5 aliphatic rings. The van der Waals surface area contributed by atoms with Crippen molar-refractivity contribution in [3.8, 4) is 5.75 Å². The molecule has 308 valence electrons. The van der Waals surface area contributed by atoms with E-state index >= 15 is 0 Å². The zero-order chi connectivity index (χ0) is 40.3. The van der Waals surface area contributed by atoms with Crippen LogP contribution in [0.25, 0.3) is 0 Å². The van der Waals surface area contributed by atoms with Gasteiger partial charge in [-0.05, 0) is 119 Å². The Labute approximate surface area is 340 Å². The van der Waals surface area contributed by atoms with Crippen LogP contribution in [0.1, 0.15) is 112 Å². The second-order valence-corrected chi connectivity index (χ2v) is 17.0. The number of hydrogen-bond acceptors (Lipinski definition) is 11. The molecular weight excluding hydrogens is 735 g/mol. The smallest absolute Gasteiger partial charge is 0.265 e. The van der Waals surface area contributed by atoms with Crippen molar-refractivity contribution in [1.29, 1.82) is 0 Å². The molecule has 3 aromatic rings. The minimum atomic E-state index is -0.302. The molecule has 4 amide bonds. The van der Waals surface area contributed by atoms with Gasteiger partial charge in [-0.25, -0.2) is 9.99 Å². The molecule has 4 heterocycles. The fourth-order valence-electron chi connectivity index (χ4n) is 9.84. The average molecular weight is 792 g/mol. The second kappa shape index (κ2) is 17.3. The summed E-state index contributed by atoms with van der Waals surface area (Å²) in [5.41, 5.74) is 7.02. The van der Waals surface area contributed by atoms with Crippen LogP contribution in [0, 0.1) is 11.8 Å². The van der Waals surface area contributed by atoms with Crippen molar-refractivity contribution >= 4 is 52.5 Å². The van der Waals surface area contributed by atoms with Gasteiger partial charge in [-0.15, -0.1) is 0 Å². The predicted molar refractivity (Wildman–Crippen MR) is 223 cm³/mol. The molecule has 58 heavy (non-hydrogen) atoms. The number of imide groups is 1. The fourth-order valence-corrected chi connectivity index (χ4v) is 9.84. The summed E-state index contributed by atoms with van der Waals surface area (Å²) in [6, 6.07) is 13.9. The monoisotopic (exact) mass is 791 g/mol. The Hall–Kier alpha value is -5.24. The number of fused-ring (bicyclic) bond motifs is 1. The number of nitrogens with one attached hydrogen (secondary N) is 4. The Morgan fingerprint density at radius 1 is 0.914 bits per heavy atom. The average Bonchev–Trinajstić information content (AvgIpc) is 3.77. The second-order valence-electron chi connectivity index (χ2n) is 17.0. The number of ether oxygens (including phenoxy) is 1. The maximum atomic E-state index is 13.4. The number of nitrogens with zero attached hydrogens (tertiary/aromatic N) is 5. The summed E-state index contributed by atoms with van der Waals surface area (Å²) in [4.78, 5) is 63.5. The van der Waals surface area contributed by atoms with Gasteiger partial charge < -0.3 is 25.2 Å². The minimum Gasteiger partial charge on any atom is -0.495 e. The first-order valence-corrected chi connectivity index (χ1v) is 21.3. The lowest BCUT2D eigenvalue weighted by molar-refractivity contribution is -0.134. The molecule has 1 aromatic heterocycles. The highest BCUT2D eigenvalue weighted by Crippen LogP contribution is 2.40. The third-order valence-electron chi connectivity index (χ3n) is 13.2. The first-order chi connectivity index (χ1) is 28.1. The van der Waals surface area contributed by atoms with E-state index in [4.69, 9.17) is 9.72 Å². The van der Waals surface area contributed by atoms with E-state index in [9.17, 15) is 19.2 Å². The largest absolute Gasteiger partial charge is 0.495 e. The van der Waals surface area contributed by atoms with Crippen molar-refractivity contribution in [2.75, 3.05) is 47.7 Å². The van der Waals surface area contributed by atoms with Crippen LogP contribution in [0.2, 0.25) is 0 Å². The molecule has 4 N–H and O–H groups in total. The van der Waals surface area contributed by atoms with Gasteiger partial charge >= 0.3 is 0 Å². The van der Waals surface area contributed by atoms with Crippen molar-refractivity contribution in [2.24, 2.45) is 11.8 Å². The van der Waals surface area contributed by atoms with Crippen LogP contribution in [0.4, 0.5) is 28.8 Å². The summed E-state index contributed by atoms with van der Waals surface area (Å²) in [7, 11) is 3.36. The molecule has 0 radical (unpaired) electrons. The number of hydrazine groups is 1. The number of anilines is 5. The number of hydrogen-bond donors (Lipinski definition) is 4.